The maximum atomic E-state index is 13.0. The number of aliphatic hydroxyl groups is 1. The van der Waals surface area contributed by atoms with E-state index in [1.165, 1.54) is 5.56 Å². The third-order valence-electron chi connectivity index (χ3n) is 7.90. The molecule has 2 bridgehead atoms. The van der Waals surface area contributed by atoms with Crippen LogP contribution in [0, 0.1) is 11.8 Å². The van der Waals surface area contributed by atoms with Gasteiger partial charge in [0.1, 0.15) is 12.4 Å². The molecule has 3 atom stereocenters. The largest absolute Gasteiger partial charge is 0.487 e. The minimum atomic E-state index is -3.90. The van der Waals surface area contributed by atoms with Crippen LogP contribution in [-0.4, -0.2) is 57.6 Å². The molecule has 1 saturated carbocycles. The van der Waals surface area contributed by atoms with Gasteiger partial charge in [-0.3, -0.25) is 4.79 Å². The number of nitrogens with one attached hydrogen (secondary N) is 1. The van der Waals surface area contributed by atoms with Gasteiger partial charge >= 0.3 is 0 Å². The molecule has 2 heterocycles. The minimum Gasteiger partial charge on any atom is -0.487 e. The van der Waals surface area contributed by atoms with Gasteiger partial charge in [0.2, 0.25) is 10.0 Å². The Morgan fingerprint density at radius 2 is 1.89 bits per heavy atom. The van der Waals surface area contributed by atoms with Crippen molar-refractivity contribution in [2.45, 2.75) is 51.2 Å². The van der Waals surface area contributed by atoms with Crippen LogP contribution >= 0.6 is 11.6 Å². The van der Waals surface area contributed by atoms with Crippen molar-refractivity contribution in [1.29, 1.82) is 0 Å². The van der Waals surface area contributed by atoms with Gasteiger partial charge in [-0.1, -0.05) is 17.7 Å². The molecular weight excluding hydrogens is 528 g/mol. The predicted octanol–water partition coefficient (Wildman–Crippen LogP) is 3.93. The third kappa shape index (κ3) is 6.62. The van der Waals surface area contributed by atoms with E-state index < -0.39 is 22.0 Å². The van der Waals surface area contributed by atoms with Crippen molar-refractivity contribution in [1.82, 2.24) is 4.72 Å². The van der Waals surface area contributed by atoms with Crippen LogP contribution in [-0.2, 0) is 27.8 Å². The Labute approximate surface area is 229 Å². The van der Waals surface area contributed by atoms with Gasteiger partial charge in [0.15, 0.2) is 0 Å². The lowest BCUT2D eigenvalue weighted by Crippen LogP contribution is -2.41. The summed E-state index contributed by atoms with van der Waals surface area (Å²) in [6.07, 6.45) is 4.91. The second kappa shape index (κ2) is 11.8. The van der Waals surface area contributed by atoms with Crippen LogP contribution in [0.4, 0.5) is 5.69 Å². The average molecular weight is 563 g/mol. The Hall–Kier alpha value is -2.33. The van der Waals surface area contributed by atoms with Gasteiger partial charge in [0, 0.05) is 23.7 Å². The summed E-state index contributed by atoms with van der Waals surface area (Å²) in [5.41, 5.74) is 3.30. The van der Waals surface area contributed by atoms with Gasteiger partial charge in [0.25, 0.3) is 5.91 Å². The highest BCUT2D eigenvalue weighted by Crippen LogP contribution is 2.41. The second-order valence-corrected chi connectivity index (χ2v) is 12.9. The van der Waals surface area contributed by atoms with E-state index in [0.717, 1.165) is 56.4 Å². The molecule has 0 aromatic heterocycles. The summed E-state index contributed by atoms with van der Waals surface area (Å²) in [6, 6.07) is 11.0. The Morgan fingerprint density at radius 3 is 2.71 bits per heavy atom. The summed E-state index contributed by atoms with van der Waals surface area (Å²) >= 11 is 6.27. The number of aryl methyl sites for hydroxylation is 1. The number of sulfonamides is 1. The number of hydrogen-bond donors (Lipinski definition) is 2. The molecule has 1 fully saturated rings. The van der Waals surface area contributed by atoms with Crippen molar-refractivity contribution in [2.24, 2.45) is 11.8 Å². The molecule has 1 amide bonds. The Morgan fingerprint density at radius 1 is 1.05 bits per heavy atom. The van der Waals surface area contributed by atoms with Crippen LogP contribution < -0.4 is 14.4 Å². The summed E-state index contributed by atoms with van der Waals surface area (Å²) in [5, 5.41) is 11.2. The molecule has 0 spiro atoms. The zero-order valence-corrected chi connectivity index (χ0v) is 23.0. The first-order valence-electron chi connectivity index (χ1n) is 13.4. The number of fused-ring (bicyclic) bond motifs is 3. The van der Waals surface area contributed by atoms with Crippen LogP contribution in [0.2, 0.25) is 5.02 Å². The van der Waals surface area contributed by atoms with Crippen molar-refractivity contribution in [2.75, 3.05) is 37.0 Å². The fourth-order valence-electron chi connectivity index (χ4n) is 5.61. The Kier molecular flexibility index (Phi) is 8.47. The van der Waals surface area contributed by atoms with E-state index >= 15 is 0 Å². The first kappa shape index (κ1) is 27.2. The molecule has 0 saturated heterocycles. The number of nitrogens with zero attached hydrogens (tertiary/aromatic N) is 1. The van der Waals surface area contributed by atoms with Crippen LogP contribution in [0.25, 0.3) is 0 Å². The quantitative estimate of drug-likeness (QED) is 0.501. The van der Waals surface area contributed by atoms with Gasteiger partial charge in [-0.25, -0.2) is 13.1 Å². The molecule has 0 unspecified atom stereocenters. The summed E-state index contributed by atoms with van der Waals surface area (Å²) < 4.78 is 38.9. The van der Waals surface area contributed by atoms with Crippen LogP contribution in [0.3, 0.4) is 0 Å². The summed E-state index contributed by atoms with van der Waals surface area (Å²) in [6.45, 7) is 1.90. The molecule has 10 heteroatoms. The lowest BCUT2D eigenvalue weighted by atomic mass is 9.70. The molecule has 38 heavy (non-hydrogen) atoms. The van der Waals surface area contributed by atoms with E-state index in [4.69, 9.17) is 21.1 Å². The zero-order chi connectivity index (χ0) is 26.7. The van der Waals surface area contributed by atoms with Gasteiger partial charge in [0.05, 0.1) is 30.8 Å². The SMILES string of the molecule is O=C1NS(=O)(=O)CCOC[C@H](O)C[C@@H]2CC[C@H]2CN2CCCCc3cc(Cl)ccc3COc3ccc1cc32. The molecule has 2 aromatic carbocycles. The number of carbonyl (C=O) groups excluding carboxylic acids is 1. The van der Waals surface area contributed by atoms with E-state index in [0.29, 0.717) is 35.6 Å². The minimum absolute atomic E-state index is 0.0814. The second-order valence-electron chi connectivity index (χ2n) is 10.6. The molecule has 3 aliphatic rings. The van der Waals surface area contributed by atoms with Gasteiger partial charge in [-0.15, -0.1) is 0 Å². The molecule has 0 radical (unpaired) electrons. The molecule has 206 valence electrons. The highest BCUT2D eigenvalue weighted by Gasteiger charge is 2.34. The molecule has 8 nitrogen and oxygen atoms in total. The summed E-state index contributed by atoms with van der Waals surface area (Å²) in [5.74, 6) is 0.379. The van der Waals surface area contributed by atoms with Crippen molar-refractivity contribution in [3.05, 3.63) is 58.1 Å². The van der Waals surface area contributed by atoms with E-state index in [2.05, 4.69) is 9.62 Å². The first-order chi connectivity index (χ1) is 18.3. The van der Waals surface area contributed by atoms with Gasteiger partial charge in [-0.05, 0) is 91.8 Å². The monoisotopic (exact) mass is 562 g/mol. The third-order valence-corrected chi connectivity index (χ3v) is 9.33. The standard InChI is InChI=1S/C28H35ClN2O6S/c29-24-8-6-23-17-37-27-9-7-21-15-26(27)31(10-2-1-3-19(23)13-24)16-22-5-4-20(22)14-25(32)18-36-11-12-38(34,35)30-28(21)33/h6-9,13,15,20,22,25,32H,1-5,10-12,14,16-18H2,(H,30,33)/t20-,22-,25+/m0/s1. The summed E-state index contributed by atoms with van der Waals surface area (Å²) in [4.78, 5) is 15.2. The maximum absolute atomic E-state index is 13.0. The van der Waals surface area contributed by atoms with Gasteiger partial charge < -0.3 is 19.5 Å². The van der Waals surface area contributed by atoms with Crippen molar-refractivity contribution < 1.29 is 27.8 Å². The molecule has 2 aliphatic heterocycles. The van der Waals surface area contributed by atoms with E-state index in [9.17, 15) is 18.3 Å². The number of benzene rings is 2. The van der Waals surface area contributed by atoms with Crippen LogP contribution in [0.15, 0.2) is 36.4 Å². The average Bonchev–Trinajstić information content (AvgIpc) is 2.90. The number of amides is 1. The van der Waals surface area contributed by atoms with Crippen molar-refractivity contribution >= 4 is 33.2 Å². The number of halogens is 1. The fourth-order valence-corrected chi connectivity index (χ4v) is 6.64. The Bertz CT molecular complexity index is 1270. The maximum Gasteiger partial charge on any atom is 0.264 e. The van der Waals surface area contributed by atoms with Crippen molar-refractivity contribution in [3.8, 4) is 5.75 Å². The number of anilines is 1. The zero-order valence-electron chi connectivity index (χ0n) is 21.4. The number of aliphatic hydroxyl groups excluding tert-OH is 1. The van der Waals surface area contributed by atoms with Crippen LogP contribution in [0.1, 0.15) is 53.6 Å². The highest BCUT2D eigenvalue weighted by molar-refractivity contribution is 7.90. The summed E-state index contributed by atoms with van der Waals surface area (Å²) in [7, 11) is -3.90. The normalized spacial score (nSPS) is 26.4. The van der Waals surface area contributed by atoms with E-state index in [1.54, 1.807) is 18.2 Å². The Balaban J connectivity index is 1.50. The number of rotatable bonds is 0. The lowest BCUT2D eigenvalue weighted by molar-refractivity contribution is 0.00968. The van der Waals surface area contributed by atoms with E-state index in [-0.39, 0.29) is 24.5 Å². The van der Waals surface area contributed by atoms with Crippen LogP contribution in [0.5, 0.6) is 5.75 Å². The van der Waals surface area contributed by atoms with Crippen molar-refractivity contribution in [3.63, 3.8) is 0 Å². The predicted molar refractivity (Wildman–Crippen MR) is 146 cm³/mol. The molecule has 1 aliphatic carbocycles. The first-order valence-corrected chi connectivity index (χ1v) is 15.4. The van der Waals surface area contributed by atoms with Gasteiger partial charge in [-0.2, -0.15) is 0 Å². The molecule has 2 aromatic rings. The number of hydrogen-bond acceptors (Lipinski definition) is 7. The highest BCUT2D eigenvalue weighted by atomic mass is 35.5. The molecular formula is C28H35ClN2O6S. The fraction of sp³-hybridized carbons (Fsp3) is 0.536. The number of carbonyl (C=O) groups is 1. The lowest BCUT2D eigenvalue weighted by Gasteiger charge is -2.42. The topological polar surface area (TPSA) is 105 Å². The number of ether oxygens (including phenoxy) is 2. The smallest absolute Gasteiger partial charge is 0.264 e. The molecule has 2 N–H and O–H groups in total. The van der Waals surface area contributed by atoms with E-state index in [1.807, 2.05) is 18.2 Å². The molecule has 5 rings (SSSR count).